The zero-order valence-electron chi connectivity index (χ0n) is 12.3. The van der Waals surface area contributed by atoms with E-state index in [-0.39, 0.29) is 5.41 Å². The molecule has 0 heterocycles. The lowest BCUT2D eigenvalue weighted by Crippen LogP contribution is -2.44. The Bertz CT molecular complexity index is 431. The molecule has 106 valence electrons. The van der Waals surface area contributed by atoms with Gasteiger partial charge >= 0.3 is 0 Å². The van der Waals surface area contributed by atoms with Gasteiger partial charge in [0.25, 0.3) is 0 Å². The van der Waals surface area contributed by atoms with E-state index >= 15 is 0 Å². The third-order valence-electron chi connectivity index (χ3n) is 4.54. The van der Waals surface area contributed by atoms with Crippen molar-refractivity contribution in [3.05, 3.63) is 23.8 Å². The molecule has 1 aliphatic carbocycles. The van der Waals surface area contributed by atoms with Crippen molar-refractivity contribution < 1.29 is 14.6 Å². The van der Waals surface area contributed by atoms with Gasteiger partial charge in [-0.25, -0.2) is 0 Å². The fourth-order valence-corrected chi connectivity index (χ4v) is 3.07. The highest BCUT2D eigenvalue weighted by atomic mass is 16.5. The van der Waals surface area contributed by atoms with Crippen LogP contribution >= 0.6 is 0 Å². The Morgan fingerprint density at radius 1 is 0.947 bits per heavy atom. The van der Waals surface area contributed by atoms with E-state index in [1.165, 1.54) is 6.42 Å². The minimum Gasteiger partial charge on any atom is -0.497 e. The highest BCUT2D eigenvalue weighted by Gasteiger charge is 2.46. The van der Waals surface area contributed by atoms with Crippen molar-refractivity contribution in [2.45, 2.75) is 45.1 Å². The lowest BCUT2D eigenvalue weighted by atomic mass is 9.62. The van der Waals surface area contributed by atoms with E-state index in [1.54, 1.807) is 14.2 Å². The van der Waals surface area contributed by atoms with E-state index in [0.29, 0.717) is 0 Å². The van der Waals surface area contributed by atoms with Crippen LogP contribution < -0.4 is 9.47 Å². The highest BCUT2D eigenvalue weighted by Crippen LogP contribution is 2.51. The fraction of sp³-hybridized carbons (Fsp3) is 0.625. The molecule has 3 nitrogen and oxygen atoms in total. The molecule has 0 bridgehead atoms. The molecule has 1 N–H and O–H groups in total. The van der Waals surface area contributed by atoms with Crippen molar-refractivity contribution in [2.75, 3.05) is 14.2 Å². The van der Waals surface area contributed by atoms with Crippen LogP contribution in [0.15, 0.2) is 18.2 Å². The van der Waals surface area contributed by atoms with Crippen LogP contribution in [0.3, 0.4) is 0 Å². The number of benzene rings is 1. The zero-order chi connectivity index (χ0) is 14.1. The van der Waals surface area contributed by atoms with Crippen LogP contribution in [-0.2, 0) is 5.60 Å². The quantitative estimate of drug-likeness (QED) is 0.908. The van der Waals surface area contributed by atoms with Crippen LogP contribution in [0, 0.1) is 5.41 Å². The van der Waals surface area contributed by atoms with Crippen molar-refractivity contribution in [3.8, 4) is 11.5 Å². The number of ether oxygens (including phenoxy) is 2. The summed E-state index contributed by atoms with van der Waals surface area (Å²) in [6.45, 7) is 4.27. The summed E-state index contributed by atoms with van der Waals surface area (Å²) in [4.78, 5) is 0. The Labute approximate surface area is 115 Å². The first kappa shape index (κ1) is 14.2. The van der Waals surface area contributed by atoms with E-state index < -0.39 is 5.60 Å². The van der Waals surface area contributed by atoms with Crippen LogP contribution in [-0.4, -0.2) is 19.3 Å². The van der Waals surface area contributed by atoms with Crippen LogP contribution in [0.2, 0.25) is 0 Å². The van der Waals surface area contributed by atoms with E-state index in [4.69, 9.17) is 9.47 Å². The Hall–Kier alpha value is -1.22. The van der Waals surface area contributed by atoms with Crippen molar-refractivity contribution in [1.29, 1.82) is 0 Å². The standard InChI is InChI=1S/C16H24O3/c1-15(2)7-5-6-8-16(15,17)12-9-13(18-3)11-14(10-12)19-4/h9-11,17H,5-8H2,1-4H3. The van der Waals surface area contributed by atoms with Crippen molar-refractivity contribution in [1.82, 2.24) is 0 Å². The summed E-state index contributed by atoms with van der Waals surface area (Å²) in [5, 5.41) is 11.2. The molecule has 0 spiro atoms. The van der Waals surface area contributed by atoms with E-state index in [1.807, 2.05) is 18.2 Å². The number of methoxy groups -OCH3 is 2. The first-order valence-electron chi connectivity index (χ1n) is 6.89. The molecule has 1 aromatic carbocycles. The first-order chi connectivity index (χ1) is 8.93. The summed E-state index contributed by atoms with van der Waals surface area (Å²) in [5.74, 6) is 1.45. The number of hydrogen-bond acceptors (Lipinski definition) is 3. The summed E-state index contributed by atoms with van der Waals surface area (Å²) in [6, 6.07) is 5.69. The van der Waals surface area contributed by atoms with Crippen LogP contribution in [0.5, 0.6) is 11.5 Å². The molecule has 1 saturated carbocycles. The molecule has 0 aromatic heterocycles. The topological polar surface area (TPSA) is 38.7 Å². The van der Waals surface area contributed by atoms with Gasteiger partial charge < -0.3 is 14.6 Å². The second-order valence-electron chi connectivity index (χ2n) is 6.05. The third-order valence-corrected chi connectivity index (χ3v) is 4.54. The molecule has 19 heavy (non-hydrogen) atoms. The molecule has 1 unspecified atom stereocenters. The molecule has 1 atom stereocenters. The maximum Gasteiger partial charge on any atom is 0.122 e. The van der Waals surface area contributed by atoms with E-state index in [0.717, 1.165) is 36.3 Å². The maximum atomic E-state index is 11.2. The molecular formula is C16H24O3. The molecule has 0 amide bonds. The van der Waals surface area contributed by atoms with Crippen molar-refractivity contribution >= 4 is 0 Å². The fourth-order valence-electron chi connectivity index (χ4n) is 3.07. The lowest BCUT2D eigenvalue weighted by molar-refractivity contribution is -0.104. The SMILES string of the molecule is COc1cc(OC)cc(C2(O)CCCCC2(C)C)c1. The molecule has 0 radical (unpaired) electrons. The molecule has 0 saturated heterocycles. The van der Waals surface area contributed by atoms with Gasteiger partial charge in [-0.2, -0.15) is 0 Å². The Balaban J connectivity index is 2.49. The van der Waals surface area contributed by atoms with Crippen LogP contribution in [0.25, 0.3) is 0 Å². The zero-order valence-corrected chi connectivity index (χ0v) is 12.3. The lowest BCUT2D eigenvalue weighted by Gasteiger charge is -2.47. The van der Waals surface area contributed by atoms with Crippen molar-refractivity contribution in [3.63, 3.8) is 0 Å². The molecule has 3 heteroatoms. The molecule has 0 aliphatic heterocycles. The number of aliphatic hydroxyl groups is 1. The van der Waals surface area contributed by atoms with Gasteiger partial charge in [-0.05, 0) is 36.0 Å². The van der Waals surface area contributed by atoms with Gasteiger partial charge in [0.2, 0.25) is 0 Å². The average molecular weight is 264 g/mol. The smallest absolute Gasteiger partial charge is 0.122 e. The van der Waals surface area contributed by atoms with Gasteiger partial charge in [-0.3, -0.25) is 0 Å². The number of rotatable bonds is 3. The van der Waals surface area contributed by atoms with E-state index in [2.05, 4.69) is 13.8 Å². The van der Waals surface area contributed by atoms with Crippen LogP contribution in [0.4, 0.5) is 0 Å². The maximum absolute atomic E-state index is 11.2. The second-order valence-corrected chi connectivity index (χ2v) is 6.05. The molecule has 1 aromatic rings. The molecule has 1 fully saturated rings. The summed E-state index contributed by atoms with van der Waals surface area (Å²) in [7, 11) is 3.27. The summed E-state index contributed by atoms with van der Waals surface area (Å²) < 4.78 is 10.6. The van der Waals surface area contributed by atoms with Gasteiger partial charge in [0, 0.05) is 6.07 Å². The first-order valence-corrected chi connectivity index (χ1v) is 6.89. The van der Waals surface area contributed by atoms with E-state index in [9.17, 15) is 5.11 Å². The third kappa shape index (κ3) is 2.44. The molecular weight excluding hydrogens is 240 g/mol. The van der Waals surface area contributed by atoms with Gasteiger partial charge in [0.1, 0.15) is 11.5 Å². The molecule has 2 rings (SSSR count). The molecule has 1 aliphatic rings. The summed E-state index contributed by atoms with van der Waals surface area (Å²) in [6.07, 6.45) is 4.05. The summed E-state index contributed by atoms with van der Waals surface area (Å²) >= 11 is 0. The van der Waals surface area contributed by atoms with Gasteiger partial charge in [0.05, 0.1) is 19.8 Å². The predicted molar refractivity (Wildman–Crippen MR) is 75.7 cm³/mol. The predicted octanol–water partition coefficient (Wildman–Crippen LogP) is 3.49. The average Bonchev–Trinajstić information content (AvgIpc) is 2.41. The van der Waals surface area contributed by atoms with Gasteiger partial charge in [0.15, 0.2) is 0 Å². The van der Waals surface area contributed by atoms with Crippen LogP contribution in [0.1, 0.15) is 45.1 Å². The minimum atomic E-state index is -0.812. The highest BCUT2D eigenvalue weighted by molar-refractivity contribution is 5.42. The number of hydrogen-bond donors (Lipinski definition) is 1. The normalized spacial score (nSPS) is 25.9. The largest absolute Gasteiger partial charge is 0.497 e. The Morgan fingerprint density at radius 2 is 1.47 bits per heavy atom. The van der Waals surface area contributed by atoms with Gasteiger partial charge in [-0.15, -0.1) is 0 Å². The Morgan fingerprint density at radius 3 is 1.95 bits per heavy atom. The second kappa shape index (κ2) is 5.04. The Kier molecular flexibility index (Phi) is 3.77. The summed E-state index contributed by atoms with van der Waals surface area (Å²) in [5.41, 5.74) is -0.0520. The van der Waals surface area contributed by atoms with Crippen molar-refractivity contribution in [2.24, 2.45) is 5.41 Å². The monoisotopic (exact) mass is 264 g/mol. The van der Waals surface area contributed by atoms with Gasteiger partial charge in [-0.1, -0.05) is 26.7 Å². The minimum absolute atomic E-state index is 0.136.